The van der Waals surface area contributed by atoms with Crippen LogP contribution in [0.25, 0.3) is 0 Å². The van der Waals surface area contributed by atoms with E-state index in [0.717, 1.165) is 63.1 Å². The van der Waals surface area contributed by atoms with Crippen LogP contribution in [-0.2, 0) is 16.1 Å². The lowest BCUT2D eigenvalue weighted by atomic mass is 10.0. The fourth-order valence-corrected chi connectivity index (χ4v) is 4.32. The first-order valence-electron chi connectivity index (χ1n) is 13.0. The number of rotatable bonds is 11. The van der Waals surface area contributed by atoms with Crippen LogP contribution in [-0.4, -0.2) is 41.4 Å². The highest BCUT2D eigenvalue weighted by atomic mass is 16.6. The topological polar surface area (TPSA) is 55.8 Å². The Morgan fingerprint density at radius 1 is 0.886 bits per heavy atom. The predicted molar refractivity (Wildman–Crippen MR) is 140 cm³/mol. The van der Waals surface area contributed by atoms with Gasteiger partial charge in [0.1, 0.15) is 17.5 Å². The summed E-state index contributed by atoms with van der Waals surface area (Å²) in [7, 11) is 0. The molecule has 1 fully saturated rings. The lowest BCUT2D eigenvalue weighted by Crippen LogP contribution is -2.37. The number of carbonyl (C=O) groups is 2. The molecule has 0 unspecified atom stereocenters. The van der Waals surface area contributed by atoms with Crippen LogP contribution in [0.5, 0.6) is 5.75 Å². The average Bonchev–Trinajstić information content (AvgIpc) is 2.81. The van der Waals surface area contributed by atoms with E-state index in [2.05, 4.69) is 36.1 Å². The van der Waals surface area contributed by atoms with Gasteiger partial charge in [-0.1, -0.05) is 36.2 Å². The summed E-state index contributed by atoms with van der Waals surface area (Å²) in [6, 6.07) is 16.3. The van der Waals surface area contributed by atoms with Crippen molar-refractivity contribution in [2.75, 3.05) is 13.1 Å². The van der Waals surface area contributed by atoms with Crippen LogP contribution in [0.2, 0.25) is 0 Å². The van der Waals surface area contributed by atoms with Crippen molar-refractivity contribution in [3.63, 3.8) is 0 Å². The fourth-order valence-electron chi connectivity index (χ4n) is 4.32. The summed E-state index contributed by atoms with van der Waals surface area (Å²) in [5.74, 6) is 0.797. The molecule has 0 spiro atoms. The van der Waals surface area contributed by atoms with E-state index in [1.807, 2.05) is 45.0 Å². The van der Waals surface area contributed by atoms with E-state index in [4.69, 9.17) is 9.47 Å². The number of benzene rings is 2. The minimum atomic E-state index is -0.443. The molecule has 2 aromatic rings. The normalized spacial score (nSPS) is 15.1. The summed E-state index contributed by atoms with van der Waals surface area (Å²) < 4.78 is 11.5. The van der Waals surface area contributed by atoms with Crippen molar-refractivity contribution >= 4 is 11.8 Å². The van der Waals surface area contributed by atoms with Crippen LogP contribution < -0.4 is 4.74 Å². The number of hydrogen-bond acceptors (Lipinski definition) is 5. The quantitative estimate of drug-likeness (QED) is 0.209. The molecule has 1 saturated heterocycles. The third-order valence-corrected chi connectivity index (χ3v) is 6.25. The van der Waals surface area contributed by atoms with Crippen molar-refractivity contribution in [3.8, 4) is 5.75 Å². The number of nitrogens with zero attached hydrogens (tertiary/aromatic N) is 1. The molecule has 1 aliphatic heterocycles. The Kier molecular flexibility index (Phi) is 9.91. The standard InChI is InChI=1S/C30H41NO4/c1-23-10-12-24(13-11-23)22-31-20-18-27(19-21-31)34-26-16-14-25(15-17-26)28(32)8-6-5-7-9-29(33)35-30(2,3)4/h10-17,27H,5-9,18-22H2,1-4H3. The Morgan fingerprint density at radius 3 is 2.14 bits per heavy atom. The van der Waals surface area contributed by atoms with Gasteiger partial charge in [0.25, 0.3) is 0 Å². The number of Topliss-reactive ketones (excluding diaryl/α,β-unsaturated/α-hetero) is 1. The fraction of sp³-hybridized carbons (Fsp3) is 0.533. The van der Waals surface area contributed by atoms with Gasteiger partial charge in [-0.15, -0.1) is 0 Å². The van der Waals surface area contributed by atoms with E-state index >= 15 is 0 Å². The smallest absolute Gasteiger partial charge is 0.306 e. The summed E-state index contributed by atoms with van der Waals surface area (Å²) >= 11 is 0. The van der Waals surface area contributed by atoms with Gasteiger partial charge in [-0.3, -0.25) is 14.5 Å². The molecule has 0 bridgehead atoms. The average molecular weight is 480 g/mol. The number of ketones is 1. The molecule has 0 atom stereocenters. The zero-order chi connectivity index (χ0) is 25.3. The maximum atomic E-state index is 12.5. The van der Waals surface area contributed by atoms with Crippen LogP contribution >= 0.6 is 0 Å². The maximum Gasteiger partial charge on any atom is 0.306 e. The number of piperidine rings is 1. The van der Waals surface area contributed by atoms with E-state index in [0.29, 0.717) is 12.8 Å². The second kappa shape index (κ2) is 12.9. The first-order valence-corrected chi connectivity index (χ1v) is 13.0. The van der Waals surface area contributed by atoms with Crippen molar-refractivity contribution in [3.05, 3.63) is 65.2 Å². The molecule has 0 aromatic heterocycles. The molecule has 5 heteroatoms. The van der Waals surface area contributed by atoms with Crippen molar-refractivity contribution in [2.24, 2.45) is 0 Å². The number of hydrogen-bond donors (Lipinski definition) is 0. The molecule has 0 amide bonds. The molecule has 35 heavy (non-hydrogen) atoms. The number of aryl methyl sites for hydroxylation is 1. The number of carbonyl (C=O) groups excluding carboxylic acids is 2. The summed E-state index contributed by atoms with van der Waals surface area (Å²) in [6.07, 6.45) is 5.51. The zero-order valence-corrected chi connectivity index (χ0v) is 21.8. The van der Waals surface area contributed by atoms with Gasteiger partial charge in [0.2, 0.25) is 0 Å². The molecule has 190 valence electrons. The Bertz CT molecular complexity index is 936. The van der Waals surface area contributed by atoms with E-state index in [1.165, 1.54) is 11.1 Å². The summed E-state index contributed by atoms with van der Waals surface area (Å²) in [4.78, 5) is 26.7. The van der Waals surface area contributed by atoms with Crippen LogP contribution in [0.4, 0.5) is 0 Å². The Morgan fingerprint density at radius 2 is 1.51 bits per heavy atom. The third-order valence-electron chi connectivity index (χ3n) is 6.25. The maximum absolute atomic E-state index is 12.5. The van der Waals surface area contributed by atoms with Gasteiger partial charge in [-0.05, 0) is 83.2 Å². The molecule has 3 rings (SSSR count). The predicted octanol–water partition coefficient (Wildman–Crippen LogP) is 6.51. The minimum Gasteiger partial charge on any atom is -0.490 e. The Labute approximate surface area is 210 Å². The van der Waals surface area contributed by atoms with Crippen LogP contribution in [0.3, 0.4) is 0 Å². The third kappa shape index (κ3) is 9.85. The van der Waals surface area contributed by atoms with Crippen LogP contribution in [0.15, 0.2) is 48.5 Å². The van der Waals surface area contributed by atoms with Gasteiger partial charge in [0, 0.05) is 38.0 Å². The van der Waals surface area contributed by atoms with Gasteiger partial charge < -0.3 is 9.47 Å². The molecular weight excluding hydrogens is 438 g/mol. The van der Waals surface area contributed by atoms with Gasteiger partial charge in [-0.25, -0.2) is 0 Å². The number of likely N-dealkylation sites (tertiary alicyclic amines) is 1. The second-order valence-electron chi connectivity index (χ2n) is 10.7. The van der Waals surface area contributed by atoms with Crippen LogP contribution in [0.1, 0.15) is 87.2 Å². The van der Waals surface area contributed by atoms with E-state index in [9.17, 15) is 9.59 Å². The number of ether oxygens (including phenoxy) is 2. The van der Waals surface area contributed by atoms with Crippen molar-refractivity contribution in [1.82, 2.24) is 4.90 Å². The lowest BCUT2D eigenvalue weighted by molar-refractivity contribution is -0.154. The van der Waals surface area contributed by atoms with Crippen molar-refractivity contribution in [1.29, 1.82) is 0 Å². The van der Waals surface area contributed by atoms with Gasteiger partial charge in [-0.2, -0.15) is 0 Å². The monoisotopic (exact) mass is 479 g/mol. The summed E-state index contributed by atoms with van der Waals surface area (Å²) in [5.41, 5.74) is 2.93. The molecule has 1 heterocycles. The Balaban J connectivity index is 1.33. The van der Waals surface area contributed by atoms with Gasteiger partial charge in [0.15, 0.2) is 5.78 Å². The first-order chi connectivity index (χ1) is 16.7. The van der Waals surface area contributed by atoms with Crippen LogP contribution in [0, 0.1) is 6.92 Å². The lowest BCUT2D eigenvalue weighted by Gasteiger charge is -2.32. The molecule has 0 aliphatic carbocycles. The van der Waals surface area contributed by atoms with E-state index in [1.54, 1.807) is 0 Å². The minimum absolute atomic E-state index is 0.137. The number of unbranched alkanes of at least 4 members (excludes halogenated alkanes) is 2. The Hall–Kier alpha value is -2.66. The number of esters is 1. The van der Waals surface area contributed by atoms with E-state index in [-0.39, 0.29) is 17.9 Å². The zero-order valence-electron chi connectivity index (χ0n) is 21.8. The highest BCUT2D eigenvalue weighted by Crippen LogP contribution is 2.22. The molecule has 0 saturated carbocycles. The SMILES string of the molecule is Cc1ccc(CN2CCC(Oc3ccc(C(=O)CCCCCC(=O)OC(C)(C)C)cc3)CC2)cc1. The second-order valence-corrected chi connectivity index (χ2v) is 10.7. The first kappa shape index (κ1) is 26.9. The summed E-state index contributed by atoms with van der Waals surface area (Å²) in [5, 5.41) is 0. The molecular formula is C30H41NO4. The molecule has 0 N–H and O–H groups in total. The van der Waals surface area contributed by atoms with Crippen molar-refractivity contribution < 1.29 is 19.1 Å². The molecule has 5 nitrogen and oxygen atoms in total. The van der Waals surface area contributed by atoms with Gasteiger partial charge in [0.05, 0.1) is 0 Å². The molecule has 2 aromatic carbocycles. The summed E-state index contributed by atoms with van der Waals surface area (Å²) in [6.45, 7) is 10.8. The highest BCUT2D eigenvalue weighted by Gasteiger charge is 2.21. The molecule has 1 aliphatic rings. The van der Waals surface area contributed by atoms with E-state index < -0.39 is 5.60 Å². The molecule has 0 radical (unpaired) electrons. The largest absolute Gasteiger partial charge is 0.490 e. The van der Waals surface area contributed by atoms with Crippen molar-refractivity contribution in [2.45, 2.75) is 90.9 Å². The van der Waals surface area contributed by atoms with Gasteiger partial charge >= 0.3 is 5.97 Å². The highest BCUT2D eigenvalue weighted by molar-refractivity contribution is 5.96.